The molecule has 0 aliphatic carbocycles. The van der Waals surface area contributed by atoms with Crippen molar-refractivity contribution in [1.82, 2.24) is 10.6 Å². The van der Waals surface area contributed by atoms with E-state index in [4.69, 9.17) is 10.8 Å². The van der Waals surface area contributed by atoms with E-state index in [1.807, 2.05) is 0 Å². The summed E-state index contributed by atoms with van der Waals surface area (Å²) in [5.74, 6) is -2.12. The summed E-state index contributed by atoms with van der Waals surface area (Å²) in [7, 11) is 0. The molecule has 7 heteroatoms. The molecule has 7 nitrogen and oxygen atoms in total. The van der Waals surface area contributed by atoms with E-state index < -0.39 is 17.4 Å². The lowest BCUT2D eigenvalue weighted by atomic mass is 9.90. The molecule has 2 rings (SSSR count). The van der Waals surface area contributed by atoms with Crippen molar-refractivity contribution in [2.24, 2.45) is 0 Å². The molecule has 0 radical (unpaired) electrons. The second-order valence-electron chi connectivity index (χ2n) is 5.26. The van der Waals surface area contributed by atoms with Crippen LogP contribution in [0.25, 0.3) is 0 Å². The molecule has 0 spiro atoms. The molecule has 1 aromatic carbocycles. The van der Waals surface area contributed by atoms with E-state index >= 15 is 0 Å². The number of carboxylic acid groups (broad SMARTS) is 1. The smallest absolute Gasteiger partial charge is 0.336 e. The van der Waals surface area contributed by atoms with Crippen LogP contribution in [0.1, 0.15) is 40.5 Å². The number of amides is 2. The van der Waals surface area contributed by atoms with Crippen LogP contribution in [0.15, 0.2) is 18.2 Å². The normalized spacial score (nSPS) is 21.5. The lowest BCUT2D eigenvalue weighted by Gasteiger charge is -2.33. The minimum absolute atomic E-state index is 0.0173. The van der Waals surface area contributed by atoms with E-state index in [9.17, 15) is 14.4 Å². The maximum absolute atomic E-state index is 12.3. The Labute approximate surface area is 121 Å². The predicted molar refractivity (Wildman–Crippen MR) is 75.9 cm³/mol. The van der Waals surface area contributed by atoms with Crippen LogP contribution in [0.2, 0.25) is 0 Å². The van der Waals surface area contributed by atoms with E-state index in [-0.39, 0.29) is 22.7 Å². The minimum Gasteiger partial charge on any atom is -0.478 e. The van der Waals surface area contributed by atoms with Crippen molar-refractivity contribution < 1.29 is 19.5 Å². The maximum atomic E-state index is 12.3. The van der Waals surface area contributed by atoms with Gasteiger partial charge in [-0.3, -0.25) is 9.59 Å². The molecule has 1 aliphatic heterocycles. The van der Waals surface area contributed by atoms with Gasteiger partial charge in [-0.1, -0.05) is 0 Å². The largest absolute Gasteiger partial charge is 0.478 e. The fraction of sp³-hybridized carbons (Fsp3) is 0.357. The topological polar surface area (TPSA) is 122 Å². The first-order valence-corrected chi connectivity index (χ1v) is 6.57. The Morgan fingerprint density at radius 1 is 1.38 bits per heavy atom. The summed E-state index contributed by atoms with van der Waals surface area (Å²) in [6.45, 7) is 2.20. The molecule has 5 N–H and O–H groups in total. The van der Waals surface area contributed by atoms with Gasteiger partial charge in [-0.25, -0.2) is 4.79 Å². The van der Waals surface area contributed by atoms with Gasteiger partial charge in [0.25, 0.3) is 5.91 Å². The first kappa shape index (κ1) is 14.8. The van der Waals surface area contributed by atoms with Crippen LogP contribution in [0, 0.1) is 0 Å². The third-order valence-electron chi connectivity index (χ3n) is 3.55. The molecule has 1 heterocycles. The van der Waals surface area contributed by atoms with E-state index in [0.717, 1.165) is 6.42 Å². The highest BCUT2D eigenvalue weighted by molar-refractivity contribution is 6.07. The molecule has 1 fully saturated rings. The van der Waals surface area contributed by atoms with Crippen molar-refractivity contribution in [3.05, 3.63) is 29.3 Å². The third-order valence-corrected chi connectivity index (χ3v) is 3.55. The zero-order valence-electron chi connectivity index (χ0n) is 11.6. The van der Waals surface area contributed by atoms with Crippen molar-refractivity contribution in [1.29, 1.82) is 0 Å². The van der Waals surface area contributed by atoms with Crippen LogP contribution in [0.5, 0.6) is 0 Å². The number of aromatic carboxylic acids is 1. The Morgan fingerprint density at radius 3 is 2.71 bits per heavy atom. The van der Waals surface area contributed by atoms with Gasteiger partial charge in [-0.2, -0.15) is 0 Å². The van der Waals surface area contributed by atoms with Crippen LogP contribution in [0.4, 0.5) is 5.69 Å². The van der Waals surface area contributed by atoms with Crippen LogP contribution >= 0.6 is 0 Å². The number of carbonyl (C=O) groups excluding carboxylic acids is 2. The molecular weight excluding hydrogens is 274 g/mol. The standard InChI is InChI=1S/C14H17N3O4/c1-14(5-2-6-16-13(14)21)17-11(18)9-4-3-8(15)7-10(9)12(19)20/h3-4,7H,2,5-6,15H2,1H3,(H,16,21)(H,17,18)(H,19,20)/t14-/m0/s1. The second-order valence-corrected chi connectivity index (χ2v) is 5.26. The SMILES string of the molecule is C[C@]1(NC(=O)c2ccc(N)cc2C(=O)O)CCCNC1=O. The summed E-state index contributed by atoms with van der Waals surface area (Å²) in [5.41, 5.74) is 4.55. The van der Waals surface area contributed by atoms with Crippen molar-refractivity contribution in [3.63, 3.8) is 0 Å². The lowest BCUT2D eigenvalue weighted by Crippen LogP contribution is -2.59. The number of rotatable bonds is 3. The molecule has 1 aromatic rings. The molecule has 0 unspecified atom stereocenters. The monoisotopic (exact) mass is 291 g/mol. The number of nitrogen functional groups attached to an aromatic ring is 1. The Balaban J connectivity index is 2.28. The Kier molecular flexibility index (Phi) is 3.84. The highest BCUT2D eigenvalue weighted by atomic mass is 16.4. The predicted octanol–water partition coefficient (Wildman–Crippen LogP) is 0.366. The Hall–Kier alpha value is -2.57. The van der Waals surface area contributed by atoms with Gasteiger partial charge in [0.15, 0.2) is 0 Å². The average Bonchev–Trinajstić information content (AvgIpc) is 2.42. The number of carboxylic acids is 1. The lowest BCUT2D eigenvalue weighted by molar-refractivity contribution is -0.128. The number of carbonyl (C=O) groups is 3. The Bertz CT molecular complexity index is 614. The quantitative estimate of drug-likeness (QED) is 0.599. The van der Waals surface area contributed by atoms with E-state index in [1.165, 1.54) is 18.2 Å². The highest BCUT2D eigenvalue weighted by Crippen LogP contribution is 2.19. The number of nitrogens with one attached hydrogen (secondary N) is 2. The van der Waals surface area contributed by atoms with Gasteiger partial charge in [-0.05, 0) is 38.0 Å². The molecule has 0 aromatic heterocycles. The van der Waals surface area contributed by atoms with E-state index in [1.54, 1.807) is 6.92 Å². The molecule has 1 aliphatic rings. The maximum Gasteiger partial charge on any atom is 0.336 e. The molecular formula is C14H17N3O4. The van der Waals surface area contributed by atoms with Gasteiger partial charge in [-0.15, -0.1) is 0 Å². The summed E-state index contributed by atoms with van der Waals surface area (Å²) in [6, 6.07) is 4.02. The summed E-state index contributed by atoms with van der Waals surface area (Å²) in [5, 5.41) is 14.5. The zero-order chi connectivity index (χ0) is 15.6. The fourth-order valence-corrected chi connectivity index (χ4v) is 2.33. The second kappa shape index (κ2) is 5.43. The minimum atomic E-state index is -1.24. The number of hydrogen-bond acceptors (Lipinski definition) is 4. The number of hydrogen-bond donors (Lipinski definition) is 4. The molecule has 21 heavy (non-hydrogen) atoms. The first-order chi connectivity index (χ1) is 9.83. The van der Waals surface area contributed by atoms with Gasteiger partial charge in [0, 0.05) is 12.2 Å². The number of benzene rings is 1. The van der Waals surface area contributed by atoms with Gasteiger partial charge in [0.1, 0.15) is 5.54 Å². The average molecular weight is 291 g/mol. The molecule has 2 amide bonds. The molecule has 112 valence electrons. The van der Waals surface area contributed by atoms with Crippen LogP contribution in [0.3, 0.4) is 0 Å². The molecule has 0 saturated carbocycles. The van der Waals surface area contributed by atoms with Crippen LogP contribution in [-0.2, 0) is 4.79 Å². The Morgan fingerprint density at radius 2 is 2.10 bits per heavy atom. The number of nitrogens with two attached hydrogens (primary N) is 1. The van der Waals surface area contributed by atoms with Crippen molar-refractivity contribution >= 4 is 23.5 Å². The summed E-state index contributed by atoms with van der Waals surface area (Å²) in [6.07, 6.45) is 1.25. The highest BCUT2D eigenvalue weighted by Gasteiger charge is 2.37. The zero-order valence-corrected chi connectivity index (χ0v) is 11.6. The first-order valence-electron chi connectivity index (χ1n) is 6.57. The summed E-state index contributed by atoms with van der Waals surface area (Å²) in [4.78, 5) is 35.4. The van der Waals surface area contributed by atoms with Crippen molar-refractivity contribution in [2.45, 2.75) is 25.3 Å². The molecule has 0 bridgehead atoms. The van der Waals surface area contributed by atoms with Gasteiger partial charge in [0.2, 0.25) is 5.91 Å². The number of anilines is 1. The van der Waals surface area contributed by atoms with Gasteiger partial charge in [0.05, 0.1) is 11.1 Å². The van der Waals surface area contributed by atoms with Crippen LogP contribution < -0.4 is 16.4 Å². The van der Waals surface area contributed by atoms with Crippen molar-refractivity contribution in [2.75, 3.05) is 12.3 Å². The van der Waals surface area contributed by atoms with Crippen LogP contribution in [-0.4, -0.2) is 35.0 Å². The van der Waals surface area contributed by atoms with E-state index in [0.29, 0.717) is 13.0 Å². The molecule has 1 atom stereocenters. The van der Waals surface area contributed by atoms with E-state index in [2.05, 4.69) is 10.6 Å². The van der Waals surface area contributed by atoms with Gasteiger partial charge < -0.3 is 21.5 Å². The van der Waals surface area contributed by atoms with Gasteiger partial charge >= 0.3 is 5.97 Å². The molecule has 1 saturated heterocycles. The summed E-state index contributed by atoms with van der Waals surface area (Å²) >= 11 is 0. The summed E-state index contributed by atoms with van der Waals surface area (Å²) < 4.78 is 0. The number of piperidine rings is 1. The third kappa shape index (κ3) is 2.96. The van der Waals surface area contributed by atoms with Crippen molar-refractivity contribution in [3.8, 4) is 0 Å². The fourth-order valence-electron chi connectivity index (χ4n) is 2.33.